The molecule has 0 radical (unpaired) electrons. The van der Waals surface area contributed by atoms with Crippen molar-refractivity contribution in [1.82, 2.24) is 15.3 Å². The third kappa shape index (κ3) is 5.30. The van der Waals surface area contributed by atoms with Crippen molar-refractivity contribution in [2.24, 2.45) is 5.41 Å². The summed E-state index contributed by atoms with van der Waals surface area (Å²) in [4.78, 5) is 38.4. The number of aromatic nitrogens is 2. The van der Waals surface area contributed by atoms with Crippen molar-refractivity contribution in [1.29, 1.82) is 0 Å². The zero-order valence-corrected chi connectivity index (χ0v) is 22.5. The van der Waals surface area contributed by atoms with E-state index in [0.717, 1.165) is 46.0 Å². The molecule has 0 fully saturated rings. The van der Waals surface area contributed by atoms with Crippen LogP contribution in [-0.4, -0.2) is 48.8 Å². The molecule has 1 aliphatic heterocycles. The summed E-state index contributed by atoms with van der Waals surface area (Å²) in [7, 11) is 4.02. The Morgan fingerprint density at radius 2 is 1.89 bits per heavy atom. The lowest BCUT2D eigenvalue weighted by atomic mass is 9.73. The molecule has 0 saturated carbocycles. The number of Topliss-reactive ketones (excluding diaryl/α,β-unsaturated/α-hetero) is 1. The lowest BCUT2D eigenvalue weighted by Gasteiger charge is -2.38. The van der Waals surface area contributed by atoms with E-state index >= 15 is 0 Å². The Hall–Kier alpha value is -4.07. The number of hydrogen-bond acceptors (Lipinski definition) is 6. The van der Waals surface area contributed by atoms with Crippen LogP contribution < -0.4 is 20.4 Å². The lowest BCUT2D eigenvalue weighted by molar-refractivity contribution is -0.120. The Kier molecular flexibility index (Phi) is 6.97. The molecule has 8 nitrogen and oxygen atoms in total. The van der Waals surface area contributed by atoms with Crippen molar-refractivity contribution in [3.8, 4) is 0 Å². The molecule has 0 saturated heterocycles. The Morgan fingerprint density at radius 3 is 2.61 bits per heavy atom. The molecule has 2 aliphatic rings. The summed E-state index contributed by atoms with van der Waals surface area (Å²) in [5.41, 5.74) is 6.40. The van der Waals surface area contributed by atoms with Crippen LogP contribution in [0.5, 0.6) is 0 Å². The molecule has 8 heteroatoms. The minimum Gasteiger partial charge on any atom is -0.378 e. The number of nitrogens with zero attached hydrogens (tertiary/aromatic N) is 3. The van der Waals surface area contributed by atoms with Crippen molar-refractivity contribution in [3.05, 3.63) is 83.6 Å². The summed E-state index contributed by atoms with van der Waals surface area (Å²) in [6, 6.07) is 15.9. The lowest BCUT2D eigenvalue weighted by Crippen LogP contribution is -2.42. The SMILES string of the molecule is CN(C)c1ccc(C2C3=C(CC(C)(C)CC3=O)Nc3ccccc3N2CC(=O)NCCc2cnc[nH]2)cc1. The Labute approximate surface area is 224 Å². The van der Waals surface area contributed by atoms with Crippen LogP contribution in [-0.2, 0) is 16.0 Å². The molecule has 5 rings (SSSR count). The number of carbonyl (C=O) groups excluding carboxylic acids is 2. The second-order valence-corrected chi connectivity index (χ2v) is 11.2. The van der Waals surface area contributed by atoms with Gasteiger partial charge in [0.15, 0.2) is 5.78 Å². The number of amides is 1. The number of nitrogens with one attached hydrogen (secondary N) is 3. The topological polar surface area (TPSA) is 93.4 Å². The predicted octanol–water partition coefficient (Wildman–Crippen LogP) is 4.45. The van der Waals surface area contributed by atoms with Gasteiger partial charge in [-0.3, -0.25) is 9.59 Å². The Morgan fingerprint density at radius 1 is 1.13 bits per heavy atom. The third-order valence-electron chi connectivity index (χ3n) is 7.31. The standard InChI is InChI=1S/C30H36N6O2/c1-30(2)15-24-28(26(37)16-30)29(20-9-11-22(12-10-20)35(3)4)36(25-8-6-5-7-23(25)34-24)18-27(38)32-14-13-21-17-31-19-33-21/h5-12,17,19,29,34H,13-16,18H2,1-4H3,(H,31,33)(H,32,38). The van der Waals surface area contributed by atoms with Gasteiger partial charge in [0, 0.05) is 62.3 Å². The molecule has 3 N–H and O–H groups in total. The number of ketones is 1. The quantitative estimate of drug-likeness (QED) is 0.433. The van der Waals surface area contributed by atoms with Crippen molar-refractivity contribution in [3.63, 3.8) is 0 Å². The highest BCUT2D eigenvalue weighted by Gasteiger charge is 2.41. The van der Waals surface area contributed by atoms with Gasteiger partial charge in [-0.15, -0.1) is 0 Å². The van der Waals surface area contributed by atoms with Gasteiger partial charge in [0.25, 0.3) is 0 Å². The van der Waals surface area contributed by atoms with E-state index < -0.39 is 0 Å². The molecule has 2 heterocycles. The van der Waals surface area contributed by atoms with Crippen molar-refractivity contribution in [2.75, 3.05) is 42.3 Å². The van der Waals surface area contributed by atoms with Gasteiger partial charge in [-0.2, -0.15) is 0 Å². The van der Waals surface area contributed by atoms with Crippen LogP contribution in [0.4, 0.5) is 17.1 Å². The third-order valence-corrected chi connectivity index (χ3v) is 7.31. The summed E-state index contributed by atoms with van der Waals surface area (Å²) in [5.74, 6) is 0.0322. The van der Waals surface area contributed by atoms with Crippen LogP contribution in [0.25, 0.3) is 0 Å². The van der Waals surface area contributed by atoms with E-state index in [-0.39, 0.29) is 29.7 Å². The van der Waals surface area contributed by atoms with Gasteiger partial charge in [-0.25, -0.2) is 4.98 Å². The number of aromatic amines is 1. The van der Waals surface area contributed by atoms with E-state index in [1.165, 1.54) is 0 Å². The van der Waals surface area contributed by atoms with Crippen molar-refractivity contribution < 1.29 is 9.59 Å². The van der Waals surface area contributed by atoms with Gasteiger partial charge in [-0.1, -0.05) is 38.1 Å². The molecule has 0 bridgehead atoms. The van der Waals surface area contributed by atoms with Crippen LogP contribution in [0.15, 0.2) is 72.3 Å². The summed E-state index contributed by atoms with van der Waals surface area (Å²) >= 11 is 0. The van der Waals surface area contributed by atoms with Crippen LogP contribution >= 0.6 is 0 Å². The first-order chi connectivity index (χ1) is 18.2. The number of anilines is 3. The molecular weight excluding hydrogens is 476 g/mol. The summed E-state index contributed by atoms with van der Waals surface area (Å²) in [6.45, 7) is 4.89. The smallest absolute Gasteiger partial charge is 0.239 e. The Bertz CT molecular complexity index is 1340. The first-order valence-corrected chi connectivity index (χ1v) is 13.1. The number of H-pyrrole nitrogens is 1. The molecule has 1 unspecified atom stereocenters. The van der Waals surface area contributed by atoms with E-state index in [1.807, 2.05) is 38.4 Å². The minimum atomic E-state index is -0.390. The van der Waals surface area contributed by atoms with E-state index in [0.29, 0.717) is 19.4 Å². The van der Waals surface area contributed by atoms with Crippen molar-refractivity contribution in [2.45, 2.75) is 39.2 Å². The number of allylic oxidation sites excluding steroid dienone is 1. The van der Waals surface area contributed by atoms with E-state index in [4.69, 9.17) is 0 Å². The van der Waals surface area contributed by atoms with Gasteiger partial charge >= 0.3 is 0 Å². The Balaban J connectivity index is 1.55. The predicted molar refractivity (Wildman–Crippen MR) is 151 cm³/mol. The minimum absolute atomic E-state index is 0.0955. The maximum absolute atomic E-state index is 13.8. The molecule has 198 valence electrons. The van der Waals surface area contributed by atoms with Gasteiger partial charge in [0.1, 0.15) is 0 Å². The molecule has 1 aliphatic carbocycles. The second kappa shape index (κ2) is 10.4. The van der Waals surface area contributed by atoms with Crippen LogP contribution in [0.1, 0.15) is 44.0 Å². The zero-order valence-electron chi connectivity index (χ0n) is 22.5. The molecule has 2 aromatic carbocycles. The van der Waals surface area contributed by atoms with E-state index in [9.17, 15) is 9.59 Å². The van der Waals surface area contributed by atoms with Crippen molar-refractivity contribution >= 4 is 28.8 Å². The number of imidazole rings is 1. The molecule has 1 amide bonds. The highest BCUT2D eigenvalue weighted by Crippen LogP contribution is 2.48. The van der Waals surface area contributed by atoms with Crippen LogP contribution in [0.3, 0.4) is 0 Å². The molecule has 1 aromatic heterocycles. The fourth-order valence-electron chi connectivity index (χ4n) is 5.50. The maximum atomic E-state index is 13.8. The average molecular weight is 513 g/mol. The summed E-state index contributed by atoms with van der Waals surface area (Å²) in [6.07, 6.45) is 5.31. The summed E-state index contributed by atoms with van der Waals surface area (Å²) < 4.78 is 0. The number of benzene rings is 2. The molecule has 0 spiro atoms. The number of para-hydroxylation sites is 2. The van der Waals surface area contributed by atoms with Gasteiger partial charge < -0.3 is 25.4 Å². The highest BCUT2D eigenvalue weighted by atomic mass is 16.2. The number of hydrogen-bond donors (Lipinski definition) is 3. The highest BCUT2D eigenvalue weighted by molar-refractivity contribution is 6.02. The number of carbonyl (C=O) groups is 2. The maximum Gasteiger partial charge on any atom is 0.239 e. The number of rotatable bonds is 7. The average Bonchev–Trinajstić information content (AvgIpc) is 3.34. The van der Waals surface area contributed by atoms with Crippen LogP contribution in [0, 0.1) is 5.41 Å². The normalized spacial score (nSPS) is 18.3. The zero-order chi connectivity index (χ0) is 26.9. The van der Waals surface area contributed by atoms with Crippen LogP contribution in [0.2, 0.25) is 0 Å². The van der Waals surface area contributed by atoms with Gasteiger partial charge in [0.2, 0.25) is 5.91 Å². The fraction of sp³-hybridized carbons (Fsp3) is 0.367. The first-order valence-electron chi connectivity index (χ1n) is 13.1. The molecule has 1 atom stereocenters. The molecular formula is C30H36N6O2. The van der Waals surface area contributed by atoms with Gasteiger partial charge in [0.05, 0.1) is 30.3 Å². The van der Waals surface area contributed by atoms with E-state index in [1.54, 1.807) is 12.5 Å². The number of fused-ring (bicyclic) bond motifs is 1. The second-order valence-electron chi connectivity index (χ2n) is 11.2. The molecule has 38 heavy (non-hydrogen) atoms. The first kappa shape index (κ1) is 25.6. The monoisotopic (exact) mass is 512 g/mol. The van der Waals surface area contributed by atoms with Gasteiger partial charge in [-0.05, 0) is 41.7 Å². The van der Waals surface area contributed by atoms with E-state index in [2.05, 4.69) is 68.5 Å². The largest absolute Gasteiger partial charge is 0.378 e. The fourth-order valence-corrected chi connectivity index (χ4v) is 5.50. The summed E-state index contributed by atoms with van der Waals surface area (Å²) in [5, 5.41) is 6.66. The molecule has 3 aromatic rings.